The number of hydrogen-bond donors (Lipinski definition) is 1. The number of nitrogens with one attached hydrogen (secondary N) is 1. The predicted octanol–water partition coefficient (Wildman–Crippen LogP) is 3.69. The van der Waals surface area contributed by atoms with Gasteiger partial charge in [-0.05, 0) is 54.4 Å². The van der Waals surface area contributed by atoms with Crippen molar-refractivity contribution in [3.63, 3.8) is 0 Å². The van der Waals surface area contributed by atoms with Crippen LogP contribution in [-0.4, -0.2) is 12.0 Å². The van der Waals surface area contributed by atoms with E-state index < -0.39 is 0 Å². The van der Waals surface area contributed by atoms with E-state index >= 15 is 0 Å². The lowest BCUT2D eigenvalue weighted by Gasteiger charge is -2.15. The van der Waals surface area contributed by atoms with Crippen molar-refractivity contribution in [2.24, 2.45) is 0 Å². The molecule has 2 nitrogen and oxygen atoms in total. The van der Waals surface area contributed by atoms with Gasteiger partial charge in [0.25, 0.3) is 0 Å². The van der Waals surface area contributed by atoms with E-state index in [0.717, 1.165) is 18.5 Å². The highest BCUT2D eigenvalue weighted by Crippen LogP contribution is 2.19. The molecule has 1 N–H and O–H groups in total. The fourth-order valence-electron chi connectivity index (χ4n) is 1.78. The number of thiophene rings is 1. The molecule has 0 saturated heterocycles. The first-order valence-corrected chi connectivity index (χ1v) is 6.91. The molecule has 0 aromatic carbocycles. The molecule has 1 unspecified atom stereocenters. The van der Waals surface area contributed by atoms with Gasteiger partial charge in [-0.1, -0.05) is 11.6 Å². The van der Waals surface area contributed by atoms with E-state index in [9.17, 15) is 0 Å². The van der Waals surface area contributed by atoms with Crippen molar-refractivity contribution in [2.75, 3.05) is 7.05 Å². The van der Waals surface area contributed by atoms with Gasteiger partial charge in [0.15, 0.2) is 0 Å². The van der Waals surface area contributed by atoms with E-state index in [1.165, 1.54) is 5.56 Å². The second-order valence-electron chi connectivity index (χ2n) is 3.91. The standard InChI is InChI=1S/C13H15ClN2S/c1-15-12(4-2-10-6-7-17-9-10)13-5-3-11(14)8-16-13/h3,5-9,12,15H,2,4H2,1H3. The lowest BCUT2D eigenvalue weighted by Crippen LogP contribution is -2.18. The molecule has 2 aromatic heterocycles. The van der Waals surface area contributed by atoms with E-state index in [-0.39, 0.29) is 6.04 Å². The Morgan fingerprint density at radius 1 is 1.41 bits per heavy atom. The number of rotatable bonds is 5. The summed E-state index contributed by atoms with van der Waals surface area (Å²) in [7, 11) is 1.97. The summed E-state index contributed by atoms with van der Waals surface area (Å²) in [4.78, 5) is 4.36. The Labute approximate surface area is 111 Å². The average molecular weight is 267 g/mol. The zero-order valence-corrected chi connectivity index (χ0v) is 11.3. The molecule has 0 radical (unpaired) electrons. The van der Waals surface area contributed by atoms with Gasteiger partial charge in [-0.3, -0.25) is 4.98 Å². The van der Waals surface area contributed by atoms with Crippen molar-refractivity contribution in [1.29, 1.82) is 0 Å². The Kier molecular flexibility index (Phi) is 4.54. The normalized spacial score (nSPS) is 12.6. The van der Waals surface area contributed by atoms with Crippen LogP contribution in [0.3, 0.4) is 0 Å². The molecule has 0 aliphatic rings. The van der Waals surface area contributed by atoms with Crippen LogP contribution in [0.4, 0.5) is 0 Å². The SMILES string of the molecule is CNC(CCc1ccsc1)c1ccc(Cl)cn1. The zero-order valence-electron chi connectivity index (χ0n) is 9.69. The largest absolute Gasteiger partial charge is 0.312 e. The lowest BCUT2D eigenvalue weighted by molar-refractivity contribution is 0.536. The van der Waals surface area contributed by atoms with Gasteiger partial charge in [0.1, 0.15) is 0 Å². The van der Waals surface area contributed by atoms with Crippen molar-refractivity contribution in [3.05, 3.63) is 51.4 Å². The van der Waals surface area contributed by atoms with Gasteiger partial charge >= 0.3 is 0 Å². The summed E-state index contributed by atoms with van der Waals surface area (Å²) in [5, 5.41) is 8.29. The van der Waals surface area contributed by atoms with Crippen molar-refractivity contribution in [3.8, 4) is 0 Å². The van der Waals surface area contributed by atoms with Gasteiger partial charge in [0.2, 0.25) is 0 Å². The van der Waals surface area contributed by atoms with Gasteiger partial charge in [-0.15, -0.1) is 0 Å². The van der Waals surface area contributed by atoms with Crippen LogP contribution >= 0.6 is 22.9 Å². The van der Waals surface area contributed by atoms with Crippen LogP contribution in [0.2, 0.25) is 5.02 Å². The summed E-state index contributed by atoms with van der Waals surface area (Å²) in [6.45, 7) is 0. The summed E-state index contributed by atoms with van der Waals surface area (Å²) in [6, 6.07) is 6.33. The number of pyridine rings is 1. The first-order valence-electron chi connectivity index (χ1n) is 5.59. The molecule has 2 heterocycles. The van der Waals surface area contributed by atoms with E-state index in [2.05, 4.69) is 27.1 Å². The number of halogens is 1. The highest BCUT2D eigenvalue weighted by atomic mass is 35.5. The molecule has 2 rings (SSSR count). The van der Waals surface area contributed by atoms with Crippen molar-refractivity contribution in [2.45, 2.75) is 18.9 Å². The Balaban J connectivity index is 1.99. The second-order valence-corrected chi connectivity index (χ2v) is 5.13. The highest BCUT2D eigenvalue weighted by Gasteiger charge is 2.10. The molecule has 4 heteroatoms. The lowest BCUT2D eigenvalue weighted by atomic mass is 10.0. The minimum Gasteiger partial charge on any atom is -0.312 e. The molecule has 0 aliphatic carbocycles. The third-order valence-corrected chi connectivity index (χ3v) is 3.71. The van der Waals surface area contributed by atoms with Crippen molar-refractivity contribution in [1.82, 2.24) is 10.3 Å². The molecule has 0 amide bonds. The third kappa shape index (κ3) is 3.53. The topological polar surface area (TPSA) is 24.9 Å². The molecule has 0 bridgehead atoms. The molecule has 0 saturated carbocycles. The van der Waals surface area contributed by atoms with E-state index in [1.54, 1.807) is 17.5 Å². The molecular formula is C13H15ClN2S. The molecule has 0 fully saturated rings. The molecule has 2 aromatic rings. The average Bonchev–Trinajstić information content (AvgIpc) is 2.85. The van der Waals surface area contributed by atoms with Gasteiger partial charge in [0, 0.05) is 12.2 Å². The van der Waals surface area contributed by atoms with Crippen LogP contribution in [0.5, 0.6) is 0 Å². The highest BCUT2D eigenvalue weighted by molar-refractivity contribution is 7.07. The van der Waals surface area contributed by atoms with Crippen molar-refractivity contribution >= 4 is 22.9 Å². The van der Waals surface area contributed by atoms with Gasteiger partial charge in [0.05, 0.1) is 10.7 Å². The monoisotopic (exact) mass is 266 g/mol. The van der Waals surface area contributed by atoms with Gasteiger partial charge in [-0.2, -0.15) is 11.3 Å². The number of aryl methyl sites for hydroxylation is 1. The third-order valence-electron chi connectivity index (χ3n) is 2.76. The quantitative estimate of drug-likeness (QED) is 0.893. The Bertz CT molecular complexity index is 439. The van der Waals surface area contributed by atoms with E-state index in [4.69, 9.17) is 11.6 Å². The molecule has 1 atom stereocenters. The summed E-state index contributed by atoms with van der Waals surface area (Å²) in [5.74, 6) is 0. The first kappa shape index (κ1) is 12.6. The zero-order chi connectivity index (χ0) is 12.1. The molecule has 90 valence electrons. The van der Waals surface area contributed by atoms with Crippen LogP contribution in [0.1, 0.15) is 23.7 Å². The fraction of sp³-hybridized carbons (Fsp3) is 0.308. The molecular weight excluding hydrogens is 252 g/mol. The summed E-state index contributed by atoms with van der Waals surface area (Å²) in [5.41, 5.74) is 2.44. The number of aromatic nitrogens is 1. The number of hydrogen-bond acceptors (Lipinski definition) is 3. The minimum atomic E-state index is 0.284. The van der Waals surface area contributed by atoms with Crippen LogP contribution in [0.15, 0.2) is 35.2 Å². The Morgan fingerprint density at radius 3 is 2.88 bits per heavy atom. The van der Waals surface area contributed by atoms with Crippen LogP contribution in [-0.2, 0) is 6.42 Å². The maximum atomic E-state index is 5.84. The van der Waals surface area contributed by atoms with Crippen molar-refractivity contribution < 1.29 is 0 Å². The predicted molar refractivity (Wildman–Crippen MR) is 73.7 cm³/mol. The maximum Gasteiger partial charge on any atom is 0.0589 e. The van der Waals surface area contributed by atoms with E-state index in [1.807, 2.05) is 19.2 Å². The second kappa shape index (κ2) is 6.15. The van der Waals surface area contributed by atoms with Crippen LogP contribution < -0.4 is 5.32 Å². The minimum absolute atomic E-state index is 0.284. The molecule has 0 spiro atoms. The van der Waals surface area contributed by atoms with Crippen LogP contribution in [0, 0.1) is 0 Å². The Hall–Kier alpha value is -0.900. The van der Waals surface area contributed by atoms with Crippen LogP contribution in [0.25, 0.3) is 0 Å². The molecule has 17 heavy (non-hydrogen) atoms. The smallest absolute Gasteiger partial charge is 0.0589 e. The molecule has 0 aliphatic heterocycles. The van der Waals surface area contributed by atoms with Gasteiger partial charge < -0.3 is 5.32 Å². The van der Waals surface area contributed by atoms with Gasteiger partial charge in [-0.25, -0.2) is 0 Å². The first-order chi connectivity index (χ1) is 8.29. The summed E-state index contributed by atoms with van der Waals surface area (Å²) >= 11 is 7.58. The maximum absolute atomic E-state index is 5.84. The van der Waals surface area contributed by atoms with E-state index in [0.29, 0.717) is 5.02 Å². The number of nitrogens with zero attached hydrogens (tertiary/aromatic N) is 1. The summed E-state index contributed by atoms with van der Waals surface area (Å²) in [6.07, 6.45) is 3.81. The fourth-order valence-corrected chi connectivity index (χ4v) is 2.59. The summed E-state index contributed by atoms with van der Waals surface area (Å²) < 4.78 is 0. The Morgan fingerprint density at radius 2 is 2.29 bits per heavy atom.